The van der Waals surface area contributed by atoms with Gasteiger partial charge < -0.3 is 0 Å². The van der Waals surface area contributed by atoms with Crippen LogP contribution in [0.5, 0.6) is 0 Å². The Morgan fingerprint density at radius 3 is 2.22 bits per heavy atom. The molecule has 0 amide bonds. The Morgan fingerprint density at radius 2 is 1.67 bits per heavy atom. The zero-order valence-electron chi connectivity index (χ0n) is 9.07. The van der Waals surface area contributed by atoms with E-state index in [9.17, 15) is 13.2 Å². The van der Waals surface area contributed by atoms with Crippen molar-refractivity contribution in [3.8, 4) is 17.2 Å². The molecule has 0 spiro atoms. The Balaban J connectivity index is 2.58. The highest BCUT2D eigenvalue weighted by Gasteiger charge is 2.33. The zero-order valence-corrected chi connectivity index (χ0v) is 9.07. The zero-order chi connectivity index (χ0) is 13.2. The molecule has 0 N–H and O–H groups in total. The van der Waals surface area contributed by atoms with Crippen molar-refractivity contribution in [3.05, 3.63) is 53.9 Å². The molecule has 0 aliphatic rings. The summed E-state index contributed by atoms with van der Waals surface area (Å²) in [5.41, 5.74) is -0.261. The lowest BCUT2D eigenvalue weighted by Gasteiger charge is -2.10. The number of benzene rings is 1. The first-order valence-corrected chi connectivity index (χ1v) is 5.04. The summed E-state index contributed by atoms with van der Waals surface area (Å²) in [7, 11) is 0. The van der Waals surface area contributed by atoms with Crippen molar-refractivity contribution in [3.63, 3.8) is 0 Å². The van der Waals surface area contributed by atoms with Gasteiger partial charge in [-0.15, -0.1) is 0 Å². The second kappa shape index (κ2) is 4.49. The van der Waals surface area contributed by atoms with Crippen LogP contribution in [0.25, 0.3) is 11.1 Å². The van der Waals surface area contributed by atoms with Crippen LogP contribution in [0.15, 0.2) is 42.7 Å². The first-order chi connectivity index (χ1) is 8.52. The normalized spacial score (nSPS) is 11.0. The molecule has 0 bridgehead atoms. The average Bonchev–Trinajstić information content (AvgIpc) is 2.38. The Morgan fingerprint density at radius 1 is 1.00 bits per heavy atom. The highest BCUT2D eigenvalue weighted by Crippen LogP contribution is 2.34. The van der Waals surface area contributed by atoms with E-state index in [1.54, 1.807) is 18.2 Å². The fourth-order valence-corrected chi connectivity index (χ4v) is 1.60. The highest BCUT2D eigenvalue weighted by atomic mass is 19.4. The molecule has 1 heterocycles. The number of hydrogen-bond acceptors (Lipinski definition) is 2. The van der Waals surface area contributed by atoms with Crippen molar-refractivity contribution in [2.45, 2.75) is 6.18 Å². The molecule has 90 valence electrons. The van der Waals surface area contributed by atoms with Crippen molar-refractivity contribution in [1.29, 1.82) is 5.26 Å². The largest absolute Gasteiger partial charge is 0.417 e. The van der Waals surface area contributed by atoms with Gasteiger partial charge in [-0.3, -0.25) is 4.98 Å². The van der Waals surface area contributed by atoms with Gasteiger partial charge in [-0.25, -0.2) is 0 Å². The Bertz CT molecular complexity index is 598. The minimum Gasteiger partial charge on any atom is -0.265 e. The highest BCUT2D eigenvalue weighted by molar-refractivity contribution is 5.65. The molecule has 2 nitrogen and oxygen atoms in total. The molecule has 0 fully saturated rings. The van der Waals surface area contributed by atoms with Crippen molar-refractivity contribution in [2.75, 3.05) is 0 Å². The third-order valence-electron chi connectivity index (χ3n) is 2.46. The molecule has 0 saturated heterocycles. The molecule has 0 aliphatic heterocycles. The maximum absolute atomic E-state index is 12.8. The standard InChI is InChI=1S/C13H7F3N2/c14-13(15,16)12-7-10(1-2-11(12)8-17)9-3-5-18-6-4-9/h1-7H. The topological polar surface area (TPSA) is 36.7 Å². The van der Waals surface area contributed by atoms with E-state index in [2.05, 4.69) is 4.98 Å². The molecular formula is C13H7F3N2. The van der Waals surface area contributed by atoms with Gasteiger partial charge in [0.25, 0.3) is 0 Å². The number of nitrogens with zero attached hydrogens (tertiary/aromatic N) is 2. The average molecular weight is 248 g/mol. The van der Waals surface area contributed by atoms with E-state index in [-0.39, 0.29) is 5.56 Å². The summed E-state index contributed by atoms with van der Waals surface area (Å²) in [4.78, 5) is 3.80. The number of nitriles is 1. The van der Waals surface area contributed by atoms with Gasteiger partial charge in [0.15, 0.2) is 0 Å². The van der Waals surface area contributed by atoms with Crippen LogP contribution in [0.3, 0.4) is 0 Å². The van der Waals surface area contributed by atoms with Gasteiger partial charge in [0, 0.05) is 12.4 Å². The predicted octanol–water partition coefficient (Wildman–Crippen LogP) is 3.64. The first kappa shape index (κ1) is 12.1. The molecule has 2 rings (SSSR count). The quantitative estimate of drug-likeness (QED) is 0.772. The second-order valence-corrected chi connectivity index (χ2v) is 3.61. The lowest BCUT2D eigenvalue weighted by atomic mass is 10.00. The van der Waals surface area contributed by atoms with Crippen LogP contribution >= 0.6 is 0 Å². The minimum absolute atomic E-state index is 0.375. The van der Waals surface area contributed by atoms with Crippen LogP contribution in [0.1, 0.15) is 11.1 Å². The van der Waals surface area contributed by atoms with E-state index >= 15 is 0 Å². The first-order valence-electron chi connectivity index (χ1n) is 5.04. The van der Waals surface area contributed by atoms with Crippen LogP contribution in [0.2, 0.25) is 0 Å². The third kappa shape index (κ3) is 2.33. The van der Waals surface area contributed by atoms with E-state index in [0.717, 1.165) is 6.07 Å². The Kier molecular flexibility index (Phi) is 3.02. The van der Waals surface area contributed by atoms with Crippen LogP contribution in [0.4, 0.5) is 13.2 Å². The maximum atomic E-state index is 12.8. The lowest BCUT2D eigenvalue weighted by molar-refractivity contribution is -0.137. The minimum atomic E-state index is -4.53. The van der Waals surface area contributed by atoms with Gasteiger partial charge in [-0.2, -0.15) is 18.4 Å². The molecule has 18 heavy (non-hydrogen) atoms. The van der Waals surface area contributed by atoms with Gasteiger partial charge in [0.05, 0.1) is 17.2 Å². The van der Waals surface area contributed by atoms with Crippen molar-refractivity contribution >= 4 is 0 Å². The van der Waals surface area contributed by atoms with Gasteiger partial charge >= 0.3 is 6.18 Å². The van der Waals surface area contributed by atoms with Gasteiger partial charge in [0.2, 0.25) is 0 Å². The molecule has 5 heteroatoms. The van der Waals surface area contributed by atoms with Crippen LogP contribution in [-0.2, 0) is 6.18 Å². The number of halogens is 3. The number of aromatic nitrogens is 1. The number of rotatable bonds is 1. The molecule has 0 saturated carbocycles. The van der Waals surface area contributed by atoms with Crippen LogP contribution in [-0.4, -0.2) is 4.98 Å². The van der Waals surface area contributed by atoms with E-state index < -0.39 is 11.7 Å². The van der Waals surface area contributed by atoms with Crippen molar-refractivity contribution in [1.82, 2.24) is 4.98 Å². The van der Waals surface area contributed by atoms with E-state index in [4.69, 9.17) is 5.26 Å². The number of alkyl halides is 3. The molecular weight excluding hydrogens is 241 g/mol. The van der Waals surface area contributed by atoms with Crippen molar-refractivity contribution in [2.24, 2.45) is 0 Å². The summed E-state index contributed by atoms with van der Waals surface area (Å²) in [6.45, 7) is 0. The molecule has 2 aromatic rings. The fraction of sp³-hybridized carbons (Fsp3) is 0.0769. The summed E-state index contributed by atoms with van der Waals surface area (Å²) in [6, 6.07) is 8.42. The molecule has 1 aromatic carbocycles. The predicted molar refractivity (Wildman–Crippen MR) is 59.4 cm³/mol. The molecule has 0 radical (unpaired) electrons. The maximum Gasteiger partial charge on any atom is 0.417 e. The molecule has 0 atom stereocenters. The third-order valence-corrected chi connectivity index (χ3v) is 2.46. The molecule has 0 unspecified atom stereocenters. The van der Waals surface area contributed by atoms with Gasteiger partial charge in [0.1, 0.15) is 0 Å². The van der Waals surface area contributed by atoms with Gasteiger partial charge in [-0.05, 0) is 35.4 Å². The summed E-state index contributed by atoms with van der Waals surface area (Å²) < 4.78 is 38.3. The summed E-state index contributed by atoms with van der Waals surface area (Å²) in [6.07, 6.45) is -1.53. The fourth-order valence-electron chi connectivity index (χ4n) is 1.60. The lowest BCUT2D eigenvalue weighted by Crippen LogP contribution is -2.07. The van der Waals surface area contributed by atoms with Crippen LogP contribution < -0.4 is 0 Å². The Labute approximate surface area is 101 Å². The SMILES string of the molecule is N#Cc1ccc(-c2ccncc2)cc1C(F)(F)F. The van der Waals surface area contributed by atoms with Gasteiger partial charge in [-0.1, -0.05) is 6.07 Å². The summed E-state index contributed by atoms with van der Waals surface area (Å²) in [5.74, 6) is 0. The molecule has 1 aromatic heterocycles. The summed E-state index contributed by atoms with van der Waals surface area (Å²) in [5, 5.41) is 8.68. The second-order valence-electron chi connectivity index (χ2n) is 3.61. The van der Waals surface area contributed by atoms with E-state index in [1.807, 2.05) is 0 Å². The number of pyridine rings is 1. The van der Waals surface area contributed by atoms with Crippen molar-refractivity contribution < 1.29 is 13.2 Å². The van der Waals surface area contributed by atoms with Crippen LogP contribution in [0, 0.1) is 11.3 Å². The van der Waals surface area contributed by atoms with E-state index in [1.165, 1.54) is 24.5 Å². The monoisotopic (exact) mass is 248 g/mol. The summed E-state index contributed by atoms with van der Waals surface area (Å²) >= 11 is 0. The Hall–Kier alpha value is -2.35. The molecule has 0 aliphatic carbocycles. The number of hydrogen-bond donors (Lipinski definition) is 0. The smallest absolute Gasteiger partial charge is 0.265 e. The van der Waals surface area contributed by atoms with E-state index in [0.29, 0.717) is 11.1 Å².